The van der Waals surface area contributed by atoms with Gasteiger partial charge in [0.05, 0.1) is 5.69 Å². The van der Waals surface area contributed by atoms with Crippen molar-refractivity contribution in [2.75, 3.05) is 0 Å². The number of nitrogens with zero attached hydrogens (tertiary/aromatic N) is 2. The van der Waals surface area contributed by atoms with Crippen LogP contribution in [0.4, 0.5) is 0 Å². The summed E-state index contributed by atoms with van der Waals surface area (Å²) in [4.78, 5) is 24.9. The van der Waals surface area contributed by atoms with Crippen molar-refractivity contribution in [1.29, 1.82) is 0 Å². The molecule has 0 fully saturated rings. The lowest BCUT2D eigenvalue weighted by Crippen LogP contribution is -2.38. The van der Waals surface area contributed by atoms with Gasteiger partial charge < -0.3 is 11.1 Å². The van der Waals surface area contributed by atoms with Crippen molar-refractivity contribution < 1.29 is 9.59 Å². The lowest BCUT2D eigenvalue weighted by molar-refractivity contribution is -0.120. The number of primary amides is 1. The number of para-hydroxylation sites is 1. The zero-order valence-corrected chi connectivity index (χ0v) is 14.8. The Morgan fingerprint density at radius 3 is 2.33 bits per heavy atom. The summed E-state index contributed by atoms with van der Waals surface area (Å²) in [6.45, 7) is 0. The monoisotopic (exact) mass is 360 g/mol. The number of nitrogens with one attached hydrogen (secondary N) is 1. The smallest absolute Gasteiger partial charge is 0.272 e. The van der Waals surface area contributed by atoms with Gasteiger partial charge in [0, 0.05) is 11.3 Å². The van der Waals surface area contributed by atoms with Crippen LogP contribution in [0.1, 0.15) is 39.8 Å². The van der Waals surface area contributed by atoms with Crippen LogP contribution in [0.15, 0.2) is 60.7 Å². The van der Waals surface area contributed by atoms with E-state index in [4.69, 9.17) is 5.73 Å². The molecule has 1 unspecified atom stereocenters. The quantitative estimate of drug-likeness (QED) is 0.732. The summed E-state index contributed by atoms with van der Waals surface area (Å²) < 4.78 is 1.83. The van der Waals surface area contributed by atoms with Crippen molar-refractivity contribution in [2.24, 2.45) is 5.73 Å². The molecule has 1 heterocycles. The first kappa shape index (κ1) is 17.0. The van der Waals surface area contributed by atoms with E-state index in [1.54, 1.807) is 24.3 Å². The molecule has 3 aromatic rings. The predicted molar refractivity (Wildman–Crippen MR) is 101 cm³/mol. The molecule has 6 nitrogen and oxygen atoms in total. The molecule has 0 saturated heterocycles. The molecule has 136 valence electrons. The SMILES string of the molecule is NC(=O)C(NC(=O)c1nn(-c2ccccc2)c2c1CCC2)c1ccccc1. The number of carbonyl (C=O) groups is 2. The molecule has 3 N–H and O–H groups in total. The number of amides is 2. The van der Waals surface area contributed by atoms with Crippen molar-refractivity contribution >= 4 is 11.8 Å². The average molecular weight is 360 g/mol. The topological polar surface area (TPSA) is 90.0 Å². The Bertz CT molecular complexity index is 980. The second-order valence-electron chi connectivity index (χ2n) is 6.59. The largest absolute Gasteiger partial charge is 0.368 e. The van der Waals surface area contributed by atoms with Gasteiger partial charge in [0.15, 0.2) is 5.69 Å². The summed E-state index contributed by atoms with van der Waals surface area (Å²) in [5, 5.41) is 7.31. The fourth-order valence-corrected chi connectivity index (χ4v) is 3.57. The summed E-state index contributed by atoms with van der Waals surface area (Å²) in [6, 6.07) is 17.8. The number of benzene rings is 2. The molecule has 1 atom stereocenters. The lowest BCUT2D eigenvalue weighted by atomic mass is 10.1. The van der Waals surface area contributed by atoms with Crippen LogP contribution in [0.5, 0.6) is 0 Å². The van der Waals surface area contributed by atoms with Crippen LogP contribution in [0.2, 0.25) is 0 Å². The highest BCUT2D eigenvalue weighted by Gasteiger charge is 2.29. The molecule has 0 radical (unpaired) electrons. The van der Waals surface area contributed by atoms with Gasteiger partial charge in [-0.15, -0.1) is 0 Å². The van der Waals surface area contributed by atoms with Crippen LogP contribution in [0.3, 0.4) is 0 Å². The van der Waals surface area contributed by atoms with E-state index in [1.165, 1.54) is 0 Å². The zero-order chi connectivity index (χ0) is 18.8. The Balaban J connectivity index is 1.67. The fraction of sp³-hybridized carbons (Fsp3) is 0.190. The van der Waals surface area contributed by atoms with Gasteiger partial charge in [-0.1, -0.05) is 48.5 Å². The summed E-state index contributed by atoms with van der Waals surface area (Å²) in [7, 11) is 0. The highest BCUT2D eigenvalue weighted by atomic mass is 16.2. The first-order valence-corrected chi connectivity index (χ1v) is 8.96. The summed E-state index contributed by atoms with van der Waals surface area (Å²) in [6.07, 6.45) is 2.66. The predicted octanol–water partition coefficient (Wildman–Crippen LogP) is 2.32. The first-order valence-electron chi connectivity index (χ1n) is 8.96. The van der Waals surface area contributed by atoms with Gasteiger partial charge in [-0.25, -0.2) is 4.68 Å². The fourth-order valence-electron chi connectivity index (χ4n) is 3.57. The standard InChI is InChI=1S/C21H20N4O2/c22-20(26)18(14-8-3-1-4-9-14)23-21(27)19-16-12-7-13-17(16)25(24-19)15-10-5-2-6-11-15/h1-6,8-11,18H,7,12-13H2,(H2,22,26)(H,23,27). The third kappa shape index (κ3) is 3.21. The van der Waals surface area contributed by atoms with Gasteiger partial charge in [0.25, 0.3) is 5.91 Å². The van der Waals surface area contributed by atoms with Crippen LogP contribution >= 0.6 is 0 Å². The number of hydrogen-bond acceptors (Lipinski definition) is 3. The zero-order valence-electron chi connectivity index (χ0n) is 14.8. The Morgan fingerprint density at radius 1 is 1.00 bits per heavy atom. The molecule has 1 aliphatic rings. The second-order valence-corrected chi connectivity index (χ2v) is 6.59. The number of nitrogens with two attached hydrogens (primary N) is 1. The highest BCUT2D eigenvalue weighted by molar-refractivity contribution is 5.97. The van der Waals surface area contributed by atoms with Crippen LogP contribution in [0.25, 0.3) is 5.69 Å². The minimum atomic E-state index is -0.891. The molecule has 2 aromatic carbocycles. The molecule has 27 heavy (non-hydrogen) atoms. The van der Waals surface area contributed by atoms with E-state index in [0.717, 1.165) is 36.2 Å². The average Bonchev–Trinajstić information content (AvgIpc) is 3.29. The molecular weight excluding hydrogens is 340 g/mol. The molecule has 0 bridgehead atoms. The molecule has 4 rings (SSSR count). The summed E-state index contributed by atoms with van der Waals surface area (Å²) in [5.74, 6) is -0.982. The molecule has 0 saturated carbocycles. The second kappa shape index (κ2) is 7.07. The number of hydrogen-bond donors (Lipinski definition) is 2. The maximum Gasteiger partial charge on any atom is 0.272 e. The van der Waals surface area contributed by atoms with E-state index in [2.05, 4.69) is 10.4 Å². The summed E-state index contributed by atoms with van der Waals surface area (Å²) >= 11 is 0. The van der Waals surface area contributed by atoms with Crippen molar-refractivity contribution in [1.82, 2.24) is 15.1 Å². The number of fused-ring (bicyclic) bond motifs is 1. The van der Waals surface area contributed by atoms with Crippen molar-refractivity contribution in [2.45, 2.75) is 25.3 Å². The lowest BCUT2D eigenvalue weighted by Gasteiger charge is -2.15. The van der Waals surface area contributed by atoms with Crippen LogP contribution in [0, 0.1) is 0 Å². The van der Waals surface area contributed by atoms with E-state index in [1.807, 2.05) is 41.1 Å². The Labute approximate surface area is 157 Å². The highest BCUT2D eigenvalue weighted by Crippen LogP contribution is 2.28. The van der Waals surface area contributed by atoms with E-state index < -0.39 is 11.9 Å². The maximum atomic E-state index is 12.9. The Kier molecular flexibility index (Phi) is 4.46. The normalized spacial score (nSPS) is 13.8. The molecular formula is C21H20N4O2. The number of aromatic nitrogens is 2. The Hall–Kier alpha value is -3.41. The molecule has 6 heteroatoms. The first-order chi connectivity index (χ1) is 13.1. The molecule has 2 amide bonds. The minimum Gasteiger partial charge on any atom is -0.368 e. The van der Waals surface area contributed by atoms with Gasteiger partial charge in [-0.3, -0.25) is 9.59 Å². The molecule has 0 aliphatic heterocycles. The van der Waals surface area contributed by atoms with E-state index >= 15 is 0 Å². The van der Waals surface area contributed by atoms with E-state index in [0.29, 0.717) is 11.3 Å². The molecule has 1 aliphatic carbocycles. The summed E-state index contributed by atoms with van der Waals surface area (Å²) in [5.41, 5.74) is 9.47. The van der Waals surface area contributed by atoms with Crippen LogP contribution < -0.4 is 11.1 Å². The van der Waals surface area contributed by atoms with Crippen molar-refractivity contribution in [3.63, 3.8) is 0 Å². The third-order valence-corrected chi connectivity index (χ3v) is 4.84. The van der Waals surface area contributed by atoms with Gasteiger partial charge in [-0.2, -0.15) is 5.10 Å². The maximum absolute atomic E-state index is 12.9. The van der Waals surface area contributed by atoms with Gasteiger partial charge >= 0.3 is 0 Å². The molecule has 0 spiro atoms. The number of carbonyl (C=O) groups excluding carboxylic acids is 2. The number of rotatable bonds is 5. The Morgan fingerprint density at radius 2 is 1.67 bits per heavy atom. The van der Waals surface area contributed by atoms with Gasteiger partial charge in [0.1, 0.15) is 6.04 Å². The molecule has 1 aromatic heterocycles. The minimum absolute atomic E-state index is 0.369. The van der Waals surface area contributed by atoms with Gasteiger partial charge in [-0.05, 0) is 37.0 Å². The van der Waals surface area contributed by atoms with Gasteiger partial charge in [0.2, 0.25) is 5.91 Å². The third-order valence-electron chi connectivity index (χ3n) is 4.84. The van der Waals surface area contributed by atoms with Crippen molar-refractivity contribution in [3.8, 4) is 5.69 Å². The van der Waals surface area contributed by atoms with Crippen LogP contribution in [-0.2, 0) is 17.6 Å². The van der Waals surface area contributed by atoms with Crippen molar-refractivity contribution in [3.05, 3.63) is 83.2 Å². The van der Waals surface area contributed by atoms with E-state index in [-0.39, 0.29) is 5.91 Å². The van der Waals surface area contributed by atoms with Crippen LogP contribution in [-0.4, -0.2) is 21.6 Å². The van der Waals surface area contributed by atoms with E-state index in [9.17, 15) is 9.59 Å².